The van der Waals surface area contributed by atoms with Crippen molar-refractivity contribution in [3.05, 3.63) is 12.2 Å². The highest BCUT2D eigenvalue weighted by Gasteiger charge is 2.35. The number of carboxylic acid groups (broad SMARTS) is 1. The van der Waals surface area contributed by atoms with Crippen LogP contribution in [-0.4, -0.2) is 33.8 Å². The molecule has 0 bridgehead atoms. The van der Waals surface area contributed by atoms with Gasteiger partial charge < -0.3 is 5.11 Å². The number of hydrogen-bond acceptors (Lipinski definition) is 5. The summed E-state index contributed by atoms with van der Waals surface area (Å²) < 4.78 is 0. The summed E-state index contributed by atoms with van der Waals surface area (Å²) in [5.41, 5.74) is 0. The van der Waals surface area contributed by atoms with Crippen molar-refractivity contribution in [2.75, 3.05) is 0 Å². The van der Waals surface area contributed by atoms with Gasteiger partial charge in [0.2, 0.25) is 0 Å². The fourth-order valence-electron chi connectivity index (χ4n) is 1.48. The summed E-state index contributed by atoms with van der Waals surface area (Å²) in [7, 11) is 0. The monoisotopic (exact) mass is 279 g/mol. The van der Waals surface area contributed by atoms with Crippen molar-refractivity contribution >= 4 is 30.2 Å². The van der Waals surface area contributed by atoms with E-state index in [0.29, 0.717) is 12.8 Å². The second kappa shape index (κ2) is 9.58. The molecule has 0 saturated carbocycles. The van der Waals surface area contributed by atoms with Crippen LogP contribution in [-0.2, 0) is 14.4 Å². The number of halogens is 1. The molecule has 1 aliphatic rings. The molecule has 1 aliphatic heterocycles. The van der Waals surface area contributed by atoms with Gasteiger partial charge in [-0.25, -0.2) is 4.79 Å². The molecule has 104 valence electrons. The van der Waals surface area contributed by atoms with E-state index in [9.17, 15) is 14.4 Å². The van der Waals surface area contributed by atoms with Crippen molar-refractivity contribution in [2.45, 2.75) is 32.2 Å². The molecule has 0 fully saturated rings. The van der Waals surface area contributed by atoms with Gasteiger partial charge in [-0.15, -0.1) is 12.4 Å². The van der Waals surface area contributed by atoms with E-state index in [0.717, 1.165) is 23.5 Å². The van der Waals surface area contributed by atoms with Crippen LogP contribution in [0.15, 0.2) is 12.2 Å². The number of nitrogens with zero attached hydrogens (tertiary/aromatic N) is 1. The minimum atomic E-state index is -1.13. The summed E-state index contributed by atoms with van der Waals surface area (Å²) in [6.07, 6.45) is 4.01. The molecule has 0 aromatic carbocycles. The maximum Gasteiger partial charge on any atom is 0.326 e. The number of imide groups is 1. The highest BCUT2D eigenvalue weighted by atomic mass is 35.5. The fraction of sp³-hybridized carbons (Fsp3) is 0.500. The van der Waals surface area contributed by atoms with Crippen LogP contribution in [0.25, 0.3) is 0 Å². The van der Waals surface area contributed by atoms with E-state index < -0.39 is 23.8 Å². The lowest BCUT2D eigenvalue weighted by molar-refractivity contribution is -0.153. The van der Waals surface area contributed by atoms with Gasteiger partial charge in [-0.2, -0.15) is 0 Å². The zero-order valence-electron chi connectivity index (χ0n) is 10.0. The molecule has 0 aromatic rings. The summed E-state index contributed by atoms with van der Waals surface area (Å²) in [6.45, 7) is 1.92. The van der Waals surface area contributed by atoms with Gasteiger partial charge in [0.1, 0.15) is 6.04 Å². The molecule has 2 amide bonds. The second-order valence-corrected chi connectivity index (χ2v) is 3.38. The maximum absolute atomic E-state index is 11.2. The third-order valence-corrected chi connectivity index (χ3v) is 2.27. The maximum atomic E-state index is 11.2. The number of carboxylic acids is 1. The van der Waals surface area contributed by atoms with Crippen molar-refractivity contribution in [1.29, 1.82) is 0 Å². The number of aliphatic carboxylic acids is 1. The number of hydrogen-bond donors (Lipinski definition) is 3. The van der Waals surface area contributed by atoms with Crippen molar-refractivity contribution in [2.24, 2.45) is 11.7 Å². The smallest absolute Gasteiger partial charge is 0.326 e. The summed E-state index contributed by atoms with van der Waals surface area (Å²) in [6, 6.07) is -1.03. The molecular weight excluding hydrogens is 262 g/mol. The quantitative estimate of drug-likeness (QED) is 0.363. The van der Waals surface area contributed by atoms with Crippen molar-refractivity contribution in [3.63, 3.8) is 0 Å². The van der Waals surface area contributed by atoms with Crippen LogP contribution in [0.3, 0.4) is 0 Å². The number of rotatable bonds is 5. The van der Waals surface area contributed by atoms with Crippen LogP contribution in [0, 0.1) is 0 Å². The Morgan fingerprint density at radius 2 is 1.78 bits per heavy atom. The van der Waals surface area contributed by atoms with Crippen LogP contribution in [0.2, 0.25) is 0 Å². The molecule has 1 atom stereocenters. The Balaban J connectivity index is 0. The van der Waals surface area contributed by atoms with E-state index in [1.807, 2.05) is 6.92 Å². The summed E-state index contributed by atoms with van der Waals surface area (Å²) in [4.78, 5) is 34.2. The Bertz CT molecular complexity index is 315. The van der Waals surface area contributed by atoms with Crippen LogP contribution in [0.5, 0.6) is 0 Å². The average Bonchev–Trinajstić information content (AvgIpc) is 2.63. The largest absolute Gasteiger partial charge is 0.480 e. The molecular formula is C10H18ClN3O4. The molecule has 8 heteroatoms. The zero-order valence-corrected chi connectivity index (χ0v) is 10.9. The predicted octanol–water partition coefficient (Wildman–Crippen LogP) is -0.205. The average molecular weight is 280 g/mol. The molecule has 0 saturated heterocycles. The summed E-state index contributed by atoms with van der Waals surface area (Å²) >= 11 is 0. The standard InChI is InChI=1S/C10H13NO4.ClH.H4N2/c1-2-3-4-7(10(14)15)11-8(12)5-6-9(11)13;;1-2/h5-7H,2-4H2,1H3,(H,14,15);1H;1-2H2. The molecule has 0 radical (unpaired) electrons. The minimum Gasteiger partial charge on any atom is -0.480 e. The van der Waals surface area contributed by atoms with Gasteiger partial charge >= 0.3 is 5.97 Å². The third kappa shape index (κ3) is 4.82. The first kappa shape index (κ1) is 18.9. The van der Waals surface area contributed by atoms with E-state index in [2.05, 4.69) is 11.7 Å². The molecule has 18 heavy (non-hydrogen) atoms. The molecule has 1 heterocycles. The first-order chi connectivity index (χ1) is 8.07. The molecule has 1 rings (SSSR count). The van der Waals surface area contributed by atoms with Crippen LogP contribution in [0.1, 0.15) is 26.2 Å². The fourth-order valence-corrected chi connectivity index (χ4v) is 1.48. The normalized spacial score (nSPS) is 14.7. The minimum absolute atomic E-state index is 0. The number of unbranched alkanes of at least 4 members (excludes halogenated alkanes) is 1. The lowest BCUT2D eigenvalue weighted by atomic mass is 10.1. The van der Waals surface area contributed by atoms with Crippen molar-refractivity contribution in [1.82, 2.24) is 4.90 Å². The highest BCUT2D eigenvalue weighted by molar-refractivity contribution is 6.14. The van der Waals surface area contributed by atoms with E-state index in [4.69, 9.17) is 5.11 Å². The second-order valence-electron chi connectivity index (χ2n) is 3.38. The van der Waals surface area contributed by atoms with E-state index >= 15 is 0 Å². The third-order valence-electron chi connectivity index (χ3n) is 2.27. The van der Waals surface area contributed by atoms with E-state index in [-0.39, 0.29) is 12.4 Å². The predicted molar refractivity (Wildman–Crippen MR) is 67.6 cm³/mol. The Morgan fingerprint density at radius 1 is 1.33 bits per heavy atom. The van der Waals surface area contributed by atoms with E-state index in [1.165, 1.54) is 0 Å². The Labute approximate surface area is 111 Å². The van der Waals surface area contributed by atoms with Gasteiger partial charge in [-0.3, -0.25) is 26.2 Å². The van der Waals surface area contributed by atoms with Crippen LogP contribution in [0.4, 0.5) is 0 Å². The Morgan fingerprint density at radius 3 is 2.11 bits per heavy atom. The molecule has 1 unspecified atom stereocenters. The van der Waals surface area contributed by atoms with Gasteiger partial charge in [-0.05, 0) is 6.42 Å². The van der Waals surface area contributed by atoms with Crippen LogP contribution < -0.4 is 11.7 Å². The number of carbonyl (C=O) groups is 3. The van der Waals surface area contributed by atoms with Gasteiger partial charge in [0.25, 0.3) is 11.8 Å². The lowest BCUT2D eigenvalue weighted by Gasteiger charge is -2.21. The summed E-state index contributed by atoms with van der Waals surface area (Å²) in [5, 5.41) is 8.92. The Kier molecular flexibility index (Phi) is 10.1. The van der Waals surface area contributed by atoms with Crippen molar-refractivity contribution in [3.8, 4) is 0 Å². The highest BCUT2D eigenvalue weighted by Crippen LogP contribution is 2.14. The zero-order chi connectivity index (χ0) is 13.4. The van der Waals surface area contributed by atoms with Gasteiger partial charge in [-0.1, -0.05) is 19.8 Å². The number of amides is 2. The molecule has 7 nitrogen and oxygen atoms in total. The van der Waals surface area contributed by atoms with Crippen LogP contribution >= 0.6 is 12.4 Å². The topological polar surface area (TPSA) is 127 Å². The number of carbonyl (C=O) groups excluding carboxylic acids is 2. The molecule has 0 spiro atoms. The number of nitrogens with two attached hydrogens (primary N) is 2. The molecule has 0 aromatic heterocycles. The van der Waals surface area contributed by atoms with Gasteiger partial charge in [0.15, 0.2) is 0 Å². The first-order valence-electron chi connectivity index (χ1n) is 5.19. The van der Waals surface area contributed by atoms with Crippen molar-refractivity contribution < 1.29 is 19.5 Å². The van der Waals surface area contributed by atoms with Gasteiger partial charge in [0.05, 0.1) is 0 Å². The first-order valence-corrected chi connectivity index (χ1v) is 5.19. The SMILES string of the molecule is CCCCC(C(=O)O)N1C(=O)C=CC1=O.Cl.NN. The van der Waals surface area contributed by atoms with E-state index in [1.54, 1.807) is 0 Å². The summed E-state index contributed by atoms with van der Waals surface area (Å²) in [5.74, 6) is 5.79. The van der Waals surface area contributed by atoms with Gasteiger partial charge in [0, 0.05) is 12.2 Å². The molecule has 5 N–H and O–H groups in total. The number of hydrazine groups is 1. The lowest BCUT2D eigenvalue weighted by Crippen LogP contribution is -2.44. The molecule has 0 aliphatic carbocycles. The Hall–Kier alpha value is -1.44.